The molecule has 2 aromatic carbocycles. The fraction of sp³-hybridized carbons (Fsp3) is 0.235. The van der Waals surface area contributed by atoms with Crippen LogP contribution in [0.4, 0.5) is 5.69 Å². The summed E-state index contributed by atoms with van der Waals surface area (Å²) in [6.07, 6.45) is 0.877. The van der Waals surface area contributed by atoms with Gasteiger partial charge in [0, 0.05) is 23.6 Å². The van der Waals surface area contributed by atoms with Crippen LogP contribution in [0.1, 0.15) is 12.0 Å². The summed E-state index contributed by atoms with van der Waals surface area (Å²) in [5.41, 5.74) is 1.46. The summed E-state index contributed by atoms with van der Waals surface area (Å²) < 4.78 is 10.9. The van der Waals surface area contributed by atoms with Gasteiger partial charge in [-0.05, 0) is 18.1 Å². The zero-order valence-corrected chi connectivity index (χ0v) is 13.8. The third kappa shape index (κ3) is 3.89. The Bertz CT molecular complexity index is 734. The quantitative estimate of drug-likeness (QED) is 0.891. The number of ether oxygens (including phenoxy) is 2. The van der Waals surface area contributed by atoms with Crippen molar-refractivity contribution in [2.45, 2.75) is 12.8 Å². The number of nitrogens with one attached hydrogen (secondary N) is 1. The molecule has 1 amide bonds. The SMILES string of the molecule is O=C(CCc1ccccc1Cl)Nc1cc2c(cc1Cl)OCCO2. The van der Waals surface area contributed by atoms with Gasteiger partial charge in [0.1, 0.15) is 13.2 Å². The summed E-state index contributed by atoms with van der Waals surface area (Å²) in [7, 11) is 0. The standard InChI is InChI=1S/C17H15Cl2NO3/c18-12-4-2-1-3-11(12)5-6-17(21)20-14-10-16-15(9-13(14)19)22-7-8-23-16/h1-4,9-10H,5-8H2,(H,20,21). The Balaban J connectivity index is 1.65. The Hall–Kier alpha value is -1.91. The predicted octanol–water partition coefficient (Wildman–Crippen LogP) is 4.34. The van der Waals surface area contributed by atoms with Crippen LogP contribution in [0.3, 0.4) is 0 Å². The lowest BCUT2D eigenvalue weighted by Gasteiger charge is -2.20. The molecule has 120 valence electrons. The number of fused-ring (bicyclic) bond motifs is 1. The number of carbonyl (C=O) groups is 1. The number of halogens is 2. The fourth-order valence-corrected chi connectivity index (χ4v) is 2.75. The molecule has 23 heavy (non-hydrogen) atoms. The van der Waals surface area contributed by atoms with Crippen molar-refractivity contribution in [3.8, 4) is 11.5 Å². The number of anilines is 1. The maximum absolute atomic E-state index is 12.1. The molecule has 0 atom stereocenters. The monoisotopic (exact) mass is 351 g/mol. The van der Waals surface area contributed by atoms with Crippen molar-refractivity contribution in [1.29, 1.82) is 0 Å². The lowest BCUT2D eigenvalue weighted by atomic mass is 10.1. The van der Waals surface area contributed by atoms with Gasteiger partial charge in [0.15, 0.2) is 11.5 Å². The van der Waals surface area contributed by atoms with E-state index in [2.05, 4.69) is 5.32 Å². The van der Waals surface area contributed by atoms with E-state index in [0.717, 1.165) is 5.56 Å². The van der Waals surface area contributed by atoms with E-state index in [0.29, 0.717) is 53.3 Å². The Kier molecular flexibility index (Phi) is 4.94. The Morgan fingerprint density at radius 1 is 1.04 bits per heavy atom. The molecule has 1 aliphatic heterocycles. The molecule has 2 aromatic rings. The number of amides is 1. The van der Waals surface area contributed by atoms with Gasteiger partial charge in [-0.1, -0.05) is 41.4 Å². The zero-order chi connectivity index (χ0) is 16.2. The lowest BCUT2D eigenvalue weighted by molar-refractivity contribution is -0.116. The van der Waals surface area contributed by atoms with Crippen LogP contribution in [0.2, 0.25) is 10.0 Å². The van der Waals surface area contributed by atoms with Crippen molar-refractivity contribution in [1.82, 2.24) is 0 Å². The van der Waals surface area contributed by atoms with Gasteiger partial charge in [0.05, 0.1) is 10.7 Å². The van der Waals surface area contributed by atoms with Crippen molar-refractivity contribution < 1.29 is 14.3 Å². The van der Waals surface area contributed by atoms with Crippen LogP contribution in [0.25, 0.3) is 0 Å². The number of hydrogen-bond donors (Lipinski definition) is 1. The average molecular weight is 352 g/mol. The Morgan fingerprint density at radius 3 is 2.48 bits per heavy atom. The predicted molar refractivity (Wildman–Crippen MR) is 90.8 cm³/mol. The van der Waals surface area contributed by atoms with Crippen molar-refractivity contribution >= 4 is 34.8 Å². The van der Waals surface area contributed by atoms with E-state index in [4.69, 9.17) is 32.7 Å². The molecule has 0 saturated heterocycles. The summed E-state index contributed by atoms with van der Waals surface area (Å²) in [5.74, 6) is 1.04. The van der Waals surface area contributed by atoms with Gasteiger partial charge in [0.25, 0.3) is 0 Å². The highest BCUT2D eigenvalue weighted by Gasteiger charge is 2.16. The average Bonchev–Trinajstić information content (AvgIpc) is 2.55. The maximum atomic E-state index is 12.1. The second-order valence-corrected chi connectivity index (χ2v) is 5.93. The molecule has 1 aliphatic rings. The first-order chi connectivity index (χ1) is 11.1. The third-order valence-electron chi connectivity index (χ3n) is 3.49. The molecular formula is C17H15Cl2NO3. The summed E-state index contributed by atoms with van der Waals surface area (Å²) in [6.45, 7) is 0.974. The lowest BCUT2D eigenvalue weighted by Crippen LogP contribution is -2.17. The zero-order valence-electron chi connectivity index (χ0n) is 12.3. The molecule has 0 aromatic heterocycles. The first-order valence-corrected chi connectivity index (χ1v) is 8.01. The molecule has 4 nitrogen and oxygen atoms in total. The van der Waals surface area contributed by atoms with Gasteiger partial charge >= 0.3 is 0 Å². The van der Waals surface area contributed by atoms with E-state index in [1.165, 1.54) is 0 Å². The van der Waals surface area contributed by atoms with Crippen LogP contribution < -0.4 is 14.8 Å². The van der Waals surface area contributed by atoms with Gasteiger partial charge in [-0.15, -0.1) is 0 Å². The summed E-state index contributed by atoms with van der Waals surface area (Å²) in [5, 5.41) is 3.88. The topological polar surface area (TPSA) is 47.6 Å². The van der Waals surface area contributed by atoms with Crippen LogP contribution in [-0.4, -0.2) is 19.1 Å². The first-order valence-electron chi connectivity index (χ1n) is 7.26. The largest absolute Gasteiger partial charge is 0.486 e. The van der Waals surface area contributed by atoms with Gasteiger partial charge in [-0.25, -0.2) is 0 Å². The smallest absolute Gasteiger partial charge is 0.224 e. The van der Waals surface area contributed by atoms with E-state index in [1.54, 1.807) is 12.1 Å². The summed E-state index contributed by atoms with van der Waals surface area (Å²) in [4.78, 5) is 12.1. The summed E-state index contributed by atoms with van der Waals surface area (Å²) >= 11 is 12.3. The minimum Gasteiger partial charge on any atom is -0.486 e. The number of carbonyl (C=O) groups excluding carboxylic acids is 1. The molecule has 0 fully saturated rings. The first kappa shape index (κ1) is 16.0. The molecule has 0 unspecified atom stereocenters. The number of aryl methyl sites for hydroxylation is 1. The molecule has 1 N–H and O–H groups in total. The number of rotatable bonds is 4. The van der Waals surface area contributed by atoms with Crippen LogP contribution in [0.5, 0.6) is 11.5 Å². The maximum Gasteiger partial charge on any atom is 0.224 e. The molecule has 3 rings (SSSR count). The third-order valence-corrected chi connectivity index (χ3v) is 4.17. The Morgan fingerprint density at radius 2 is 1.74 bits per heavy atom. The highest BCUT2D eigenvalue weighted by Crippen LogP contribution is 2.38. The second kappa shape index (κ2) is 7.11. The molecule has 0 spiro atoms. The molecule has 0 saturated carbocycles. The normalized spacial score (nSPS) is 12.8. The van der Waals surface area contributed by atoms with Crippen LogP contribution in [0.15, 0.2) is 36.4 Å². The molecular weight excluding hydrogens is 337 g/mol. The minimum atomic E-state index is -0.136. The second-order valence-electron chi connectivity index (χ2n) is 5.12. The highest BCUT2D eigenvalue weighted by molar-refractivity contribution is 6.34. The van der Waals surface area contributed by atoms with Crippen molar-refractivity contribution in [3.63, 3.8) is 0 Å². The van der Waals surface area contributed by atoms with Crippen molar-refractivity contribution in [2.75, 3.05) is 18.5 Å². The van der Waals surface area contributed by atoms with E-state index >= 15 is 0 Å². The number of hydrogen-bond acceptors (Lipinski definition) is 3. The summed E-state index contributed by atoms with van der Waals surface area (Å²) in [6, 6.07) is 10.8. The van der Waals surface area contributed by atoms with Gasteiger partial charge in [-0.3, -0.25) is 4.79 Å². The molecule has 0 aliphatic carbocycles. The molecule has 0 bridgehead atoms. The number of benzene rings is 2. The molecule has 0 radical (unpaired) electrons. The molecule has 6 heteroatoms. The molecule has 1 heterocycles. The van der Waals surface area contributed by atoms with E-state index < -0.39 is 0 Å². The Labute approximate surface area is 144 Å². The van der Waals surface area contributed by atoms with E-state index in [1.807, 2.05) is 24.3 Å². The fourth-order valence-electron chi connectivity index (χ4n) is 2.32. The van der Waals surface area contributed by atoms with Crippen LogP contribution in [-0.2, 0) is 11.2 Å². The van der Waals surface area contributed by atoms with Crippen LogP contribution >= 0.6 is 23.2 Å². The van der Waals surface area contributed by atoms with Crippen molar-refractivity contribution in [3.05, 3.63) is 52.0 Å². The van der Waals surface area contributed by atoms with E-state index in [9.17, 15) is 4.79 Å². The van der Waals surface area contributed by atoms with Crippen molar-refractivity contribution in [2.24, 2.45) is 0 Å². The minimum absolute atomic E-state index is 0.136. The van der Waals surface area contributed by atoms with Gasteiger partial charge in [0.2, 0.25) is 5.91 Å². The van der Waals surface area contributed by atoms with Gasteiger partial charge in [-0.2, -0.15) is 0 Å². The van der Waals surface area contributed by atoms with Gasteiger partial charge < -0.3 is 14.8 Å². The highest BCUT2D eigenvalue weighted by atomic mass is 35.5. The van der Waals surface area contributed by atoms with Crippen LogP contribution in [0, 0.1) is 0 Å². The van der Waals surface area contributed by atoms with E-state index in [-0.39, 0.29) is 5.91 Å².